The van der Waals surface area contributed by atoms with Gasteiger partial charge in [0.1, 0.15) is 5.70 Å². The van der Waals surface area contributed by atoms with E-state index in [0.29, 0.717) is 10.7 Å². The van der Waals surface area contributed by atoms with Gasteiger partial charge in [-0.3, -0.25) is 4.79 Å². The van der Waals surface area contributed by atoms with Crippen LogP contribution in [0.2, 0.25) is 5.02 Å². The second-order valence-corrected chi connectivity index (χ2v) is 5.46. The van der Waals surface area contributed by atoms with Gasteiger partial charge in [-0.1, -0.05) is 47.5 Å². The maximum absolute atomic E-state index is 12.4. The number of benzene rings is 2. The van der Waals surface area contributed by atoms with E-state index in [1.807, 2.05) is 31.2 Å². The van der Waals surface area contributed by atoms with Crippen molar-refractivity contribution in [2.24, 2.45) is 0 Å². The molecule has 0 bridgehead atoms. The van der Waals surface area contributed by atoms with Crippen molar-refractivity contribution in [2.75, 3.05) is 4.90 Å². The summed E-state index contributed by atoms with van der Waals surface area (Å²) in [5.74, 6) is -0.396. The summed E-state index contributed by atoms with van der Waals surface area (Å²) in [5.41, 5.74) is 2.67. The molecule has 5 heteroatoms. The van der Waals surface area contributed by atoms with E-state index in [-0.39, 0.29) is 5.70 Å². The van der Waals surface area contributed by atoms with Crippen molar-refractivity contribution in [3.8, 4) is 0 Å². The maximum Gasteiger partial charge on any atom is 0.333 e. The minimum atomic E-state index is -0.481. The first kappa shape index (κ1) is 14.4. The summed E-state index contributed by atoms with van der Waals surface area (Å²) in [6.45, 7) is 1.99. The predicted molar refractivity (Wildman–Crippen MR) is 86.6 cm³/mol. The number of halogens is 1. The van der Waals surface area contributed by atoms with Gasteiger partial charge in [-0.15, -0.1) is 0 Å². The summed E-state index contributed by atoms with van der Waals surface area (Å²) in [7, 11) is 0. The van der Waals surface area contributed by atoms with Crippen LogP contribution in [0.4, 0.5) is 10.5 Å². The molecule has 4 nitrogen and oxygen atoms in total. The van der Waals surface area contributed by atoms with Gasteiger partial charge >= 0.3 is 6.03 Å². The van der Waals surface area contributed by atoms with E-state index >= 15 is 0 Å². The number of nitrogens with one attached hydrogen (secondary N) is 1. The molecule has 0 aromatic heterocycles. The van der Waals surface area contributed by atoms with Gasteiger partial charge in [0, 0.05) is 5.02 Å². The van der Waals surface area contributed by atoms with Crippen molar-refractivity contribution in [3.63, 3.8) is 0 Å². The minimum Gasteiger partial charge on any atom is -0.302 e. The van der Waals surface area contributed by atoms with E-state index in [2.05, 4.69) is 5.32 Å². The van der Waals surface area contributed by atoms with Gasteiger partial charge in [-0.25, -0.2) is 9.69 Å². The van der Waals surface area contributed by atoms with Crippen LogP contribution in [0, 0.1) is 6.92 Å². The zero-order valence-electron chi connectivity index (χ0n) is 11.8. The largest absolute Gasteiger partial charge is 0.333 e. The first-order chi connectivity index (χ1) is 10.5. The molecule has 2 aromatic carbocycles. The third-order valence-electron chi connectivity index (χ3n) is 3.33. The van der Waals surface area contributed by atoms with Crippen LogP contribution in [-0.2, 0) is 4.79 Å². The summed E-state index contributed by atoms with van der Waals surface area (Å²) in [4.78, 5) is 25.6. The Morgan fingerprint density at radius 3 is 2.50 bits per heavy atom. The van der Waals surface area contributed by atoms with Crippen molar-refractivity contribution in [3.05, 3.63) is 70.4 Å². The SMILES string of the molecule is Cc1ccc(C=C2NC(=O)N(c3cccc(Cl)c3)C2=O)cc1. The van der Waals surface area contributed by atoms with E-state index in [4.69, 9.17) is 11.6 Å². The highest BCUT2D eigenvalue weighted by molar-refractivity contribution is 6.32. The van der Waals surface area contributed by atoms with E-state index in [9.17, 15) is 9.59 Å². The average Bonchev–Trinajstić information content (AvgIpc) is 2.76. The van der Waals surface area contributed by atoms with Crippen molar-refractivity contribution < 1.29 is 9.59 Å². The minimum absolute atomic E-state index is 0.244. The molecule has 1 fully saturated rings. The molecule has 1 saturated heterocycles. The highest BCUT2D eigenvalue weighted by Crippen LogP contribution is 2.24. The lowest BCUT2D eigenvalue weighted by atomic mass is 10.1. The number of carbonyl (C=O) groups is 2. The lowest BCUT2D eigenvalue weighted by Crippen LogP contribution is -2.30. The van der Waals surface area contributed by atoms with Gasteiger partial charge in [0.15, 0.2) is 0 Å². The first-order valence-electron chi connectivity index (χ1n) is 6.74. The highest BCUT2D eigenvalue weighted by atomic mass is 35.5. The van der Waals surface area contributed by atoms with Gasteiger partial charge in [0.25, 0.3) is 5.91 Å². The number of hydrogen-bond acceptors (Lipinski definition) is 2. The highest BCUT2D eigenvalue weighted by Gasteiger charge is 2.34. The summed E-state index contributed by atoms with van der Waals surface area (Å²) in [5, 5.41) is 3.06. The molecule has 1 aliphatic rings. The molecule has 0 aliphatic carbocycles. The third kappa shape index (κ3) is 2.73. The Bertz CT molecular complexity index is 782. The fraction of sp³-hybridized carbons (Fsp3) is 0.0588. The monoisotopic (exact) mass is 312 g/mol. The Hall–Kier alpha value is -2.59. The topological polar surface area (TPSA) is 49.4 Å². The fourth-order valence-electron chi connectivity index (χ4n) is 2.21. The van der Waals surface area contributed by atoms with Crippen molar-refractivity contribution >= 4 is 35.3 Å². The molecule has 3 rings (SSSR count). The second-order valence-electron chi connectivity index (χ2n) is 5.02. The molecule has 110 valence electrons. The number of anilines is 1. The van der Waals surface area contributed by atoms with Gasteiger partial charge in [-0.05, 0) is 36.8 Å². The molecule has 0 atom stereocenters. The molecule has 0 unspecified atom stereocenters. The summed E-state index contributed by atoms with van der Waals surface area (Å²) in [6.07, 6.45) is 1.66. The number of hydrogen-bond donors (Lipinski definition) is 1. The molecule has 0 radical (unpaired) electrons. The number of aryl methyl sites for hydroxylation is 1. The van der Waals surface area contributed by atoms with Gasteiger partial charge in [-0.2, -0.15) is 0 Å². The Morgan fingerprint density at radius 1 is 1.09 bits per heavy atom. The molecular weight excluding hydrogens is 300 g/mol. The Morgan fingerprint density at radius 2 is 1.82 bits per heavy atom. The molecule has 1 heterocycles. The van der Waals surface area contributed by atoms with E-state index in [1.54, 1.807) is 30.3 Å². The van der Waals surface area contributed by atoms with Crippen LogP contribution in [0.3, 0.4) is 0 Å². The van der Waals surface area contributed by atoms with Crippen molar-refractivity contribution in [1.82, 2.24) is 5.32 Å². The predicted octanol–water partition coefficient (Wildman–Crippen LogP) is 3.75. The Labute approximate surface area is 133 Å². The standard InChI is InChI=1S/C17H13ClN2O2/c1-11-5-7-12(8-6-11)9-15-16(21)20(17(22)19-15)14-4-2-3-13(18)10-14/h2-10H,1H3,(H,19,22). The maximum atomic E-state index is 12.4. The number of carbonyl (C=O) groups excluding carboxylic acids is 2. The van der Waals surface area contributed by atoms with Gasteiger partial charge in [0.2, 0.25) is 0 Å². The molecular formula is C17H13ClN2O2. The first-order valence-corrected chi connectivity index (χ1v) is 7.12. The third-order valence-corrected chi connectivity index (χ3v) is 3.57. The molecule has 0 spiro atoms. The zero-order chi connectivity index (χ0) is 15.7. The lowest BCUT2D eigenvalue weighted by molar-refractivity contribution is -0.113. The summed E-state index contributed by atoms with van der Waals surface area (Å²) < 4.78 is 0. The number of imide groups is 1. The lowest BCUT2D eigenvalue weighted by Gasteiger charge is -2.11. The number of urea groups is 1. The van der Waals surface area contributed by atoms with Crippen LogP contribution in [0.15, 0.2) is 54.2 Å². The van der Waals surface area contributed by atoms with E-state index in [1.165, 1.54) is 0 Å². The Balaban J connectivity index is 1.93. The molecule has 0 saturated carbocycles. The molecule has 2 aromatic rings. The normalized spacial score (nSPS) is 16.3. The number of rotatable bonds is 2. The molecule has 3 amide bonds. The zero-order valence-corrected chi connectivity index (χ0v) is 12.6. The summed E-state index contributed by atoms with van der Waals surface area (Å²) >= 11 is 5.92. The van der Waals surface area contributed by atoms with E-state index in [0.717, 1.165) is 16.0 Å². The number of nitrogens with zero attached hydrogens (tertiary/aromatic N) is 1. The van der Waals surface area contributed by atoms with Crippen molar-refractivity contribution in [1.29, 1.82) is 0 Å². The smallest absolute Gasteiger partial charge is 0.302 e. The van der Waals surface area contributed by atoms with Crippen LogP contribution < -0.4 is 10.2 Å². The summed E-state index contributed by atoms with van der Waals surface area (Å²) in [6, 6.07) is 13.8. The molecule has 1 aliphatic heterocycles. The van der Waals surface area contributed by atoms with Gasteiger partial charge in [0.05, 0.1) is 5.69 Å². The van der Waals surface area contributed by atoms with Crippen LogP contribution in [0.5, 0.6) is 0 Å². The van der Waals surface area contributed by atoms with Gasteiger partial charge < -0.3 is 5.32 Å². The van der Waals surface area contributed by atoms with Crippen LogP contribution in [-0.4, -0.2) is 11.9 Å². The Kier molecular flexibility index (Phi) is 3.69. The van der Waals surface area contributed by atoms with E-state index < -0.39 is 11.9 Å². The second kappa shape index (κ2) is 5.66. The number of amides is 3. The quantitative estimate of drug-likeness (QED) is 0.678. The van der Waals surface area contributed by atoms with Crippen LogP contribution in [0.25, 0.3) is 6.08 Å². The molecule has 22 heavy (non-hydrogen) atoms. The molecule has 1 N–H and O–H groups in total. The fourth-order valence-corrected chi connectivity index (χ4v) is 2.40. The van der Waals surface area contributed by atoms with Crippen LogP contribution in [0.1, 0.15) is 11.1 Å². The average molecular weight is 313 g/mol. The van der Waals surface area contributed by atoms with Crippen molar-refractivity contribution in [2.45, 2.75) is 6.92 Å². The van der Waals surface area contributed by atoms with Crippen LogP contribution >= 0.6 is 11.6 Å².